The van der Waals surface area contributed by atoms with Gasteiger partial charge in [0.25, 0.3) is 0 Å². The van der Waals surface area contributed by atoms with Gasteiger partial charge in [0.1, 0.15) is 0 Å². The van der Waals surface area contributed by atoms with E-state index in [1.165, 1.54) is 12.2 Å². The van der Waals surface area contributed by atoms with Crippen LogP contribution >= 0.6 is 0 Å². The molecule has 2 N–H and O–H groups in total. The van der Waals surface area contributed by atoms with Crippen LogP contribution in [0.1, 0.15) is 12.0 Å². The normalized spacial score (nSPS) is 21.1. The summed E-state index contributed by atoms with van der Waals surface area (Å²) >= 11 is 0. The Hall–Kier alpha value is -2.47. The number of nitrogens with zero attached hydrogens (tertiary/aromatic N) is 1. The summed E-state index contributed by atoms with van der Waals surface area (Å²) in [5.74, 6) is -0.210. The van der Waals surface area contributed by atoms with E-state index in [-0.39, 0.29) is 18.7 Å². The van der Waals surface area contributed by atoms with Crippen LogP contribution in [0.5, 0.6) is 0 Å². The lowest BCUT2D eigenvalue weighted by Gasteiger charge is -2.18. The third-order valence-electron chi connectivity index (χ3n) is 2.96. The van der Waals surface area contributed by atoms with Gasteiger partial charge in [-0.2, -0.15) is 0 Å². The number of allylic oxidation sites excluding steroid dienone is 1. The standard InChI is InChI=1S/C14H14N2O4/c17-13(10-11-4-2-1-3-5-11)15-12-6-8-14(18,9-7-12)16(19)20/h1-8,18H,9-10H2,(H,15,17). The number of carbonyl (C=O) groups is 1. The number of hydrogen-bond acceptors (Lipinski definition) is 4. The minimum atomic E-state index is -2.08. The first-order chi connectivity index (χ1) is 9.49. The van der Waals surface area contributed by atoms with Crippen molar-refractivity contribution in [1.82, 2.24) is 5.32 Å². The van der Waals surface area contributed by atoms with Crippen LogP contribution in [0.2, 0.25) is 0 Å². The monoisotopic (exact) mass is 274 g/mol. The highest BCUT2D eigenvalue weighted by atomic mass is 16.7. The molecule has 0 aromatic heterocycles. The van der Waals surface area contributed by atoms with Crippen LogP contribution in [-0.2, 0) is 11.2 Å². The molecule has 1 aliphatic rings. The number of carbonyl (C=O) groups excluding carboxylic acids is 1. The van der Waals surface area contributed by atoms with E-state index in [4.69, 9.17) is 0 Å². The van der Waals surface area contributed by atoms with Gasteiger partial charge >= 0.3 is 5.72 Å². The fraction of sp³-hybridized carbons (Fsp3) is 0.214. The van der Waals surface area contributed by atoms with Gasteiger partial charge in [-0.3, -0.25) is 14.9 Å². The van der Waals surface area contributed by atoms with Crippen molar-refractivity contribution in [2.24, 2.45) is 0 Å². The molecule has 1 aromatic rings. The number of rotatable bonds is 4. The smallest absolute Gasteiger partial charge is 0.327 e. The lowest BCUT2D eigenvalue weighted by molar-refractivity contribution is -0.607. The molecule has 1 aliphatic carbocycles. The topological polar surface area (TPSA) is 92.5 Å². The molecule has 1 aromatic carbocycles. The zero-order chi connectivity index (χ0) is 14.6. The summed E-state index contributed by atoms with van der Waals surface area (Å²) in [6.07, 6.45) is 3.91. The highest BCUT2D eigenvalue weighted by Gasteiger charge is 2.37. The summed E-state index contributed by atoms with van der Waals surface area (Å²) < 4.78 is 0. The van der Waals surface area contributed by atoms with E-state index in [2.05, 4.69) is 5.32 Å². The SMILES string of the molecule is O=C(Cc1ccccc1)NC1=CCC(O)([N+](=O)[O-])C=C1. The summed E-state index contributed by atoms with van der Waals surface area (Å²) in [4.78, 5) is 21.7. The van der Waals surface area contributed by atoms with Gasteiger partial charge in [0, 0.05) is 11.8 Å². The van der Waals surface area contributed by atoms with Crippen LogP contribution in [0, 0.1) is 10.1 Å². The van der Waals surface area contributed by atoms with Gasteiger partial charge in [-0.1, -0.05) is 36.4 Å². The molecule has 6 nitrogen and oxygen atoms in total. The summed E-state index contributed by atoms with van der Waals surface area (Å²) in [6, 6.07) is 9.25. The number of nitro groups is 1. The van der Waals surface area contributed by atoms with Crippen LogP contribution in [0.3, 0.4) is 0 Å². The molecule has 0 radical (unpaired) electrons. The van der Waals surface area contributed by atoms with Crippen LogP contribution in [0.4, 0.5) is 0 Å². The molecule has 104 valence electrons. The minimum Gasteiger partial charge on any atom is -0.327 e. The van der Waals surface area contributed by atoms with Crippen molar-refractivity contribution in [1.29, 1.82) is 0 Å². The molecule has 2 rings (SSSR count). The van der Waals surface area contributed by atoms with Crippen molar-refractivity contribution >= 4 is 5.91 Å². The van der Waals surface area contributed by atoms with Crippen LogP contribution < -0.4 is 5.32 Å². The van der Waals surface area contributed by atoms with Gasteiger partial charge in [-0.25, -0.2) is 0 Å². The fourth-order valence-electron chi connectivity index (χ4n) is 1.83. The second-order valence-corrected chi connectivity index (χ2v) is 4.54. The maximum atomic E-state index is 11.8. The fourth-order valence-corrected chi connectivity index (χ4v) is 1.83. The van der Waals surface area contributed by atoms with E-state index >= 15 is 0 Å². The molecule has 0 saturated heterocycles. The first-order valence-corrected chi connectivity index (χ1v) is 6.10. The minimum absolute atomic E-state index is 0.169. The average Bonchev–Trinajstić information content (AvgIpc) is 2.42. The first kappa shape index (κ1) is 14.0. The molecular formula is C14H14N2O4. The van der Waals surface area contributed by atoms with Crippen molar-refractivity contribution in [3.8, 4) is 0 Å². The molecule has 0 spiro atoms. The predicted molar refractivity (Wildman–Crippen MR) is 72.1 cm³/mol. The van der Waals surface area contributed by atoms with Gasteiger partial charge in [0.15, 0.2) is 0 Å². The molecule has 1 unspecified atom stereocenters. The summed E-state index contributed by atoms with van der Waals surface area (Å²) in [6.45, 7) is 0. The van der Waals surface area contributed by atoms with Gasteiger partial charge in [0.05, 0.1) is 17.8 Å². The molecule has 6 heteroatoms. The van der Waals surface area contributed by atoms with Crippen LogP contribution in [0.15, 0.2) is 54.3 Å². The van der Waals surface area contributed by atoms with E-state index in [1.54, 1.807) is 0 Å². The Balaban J connectivity index is 1.93. The molecule has 0 bridgehead atoms. The zero-order valence-electron chi connectivity index (χ0n) is 10.7. The highest BCUT2D eigenvalue weighted by Crippen LogP contribution is 2.20. The maximum absolute atomic E-state index is 11.8. The second-order valence-electron chi connectivity index (χ2n) is 4.54. The van der Waals surface area contributed by atoms with Crippen molar-refractivity contribution in [2.75, 3.05) is 0 Å². The van der Waals surface area contributed by atoms with E-state index in [1.807, 2.05) is 30.3 Å². The molecular weight excluding hydrogens is 260 g/mol. The van der Waals surface area contributed by atoms with Crippen molar-refractivity contribution in [3.63, 3.8) is 0 Å². The summed E-state index contributed by atoms with van der Waals surface area (Å²) in [5, 5.41) is 22.9. The van der Waals surface area contributed by atoms with Crippen LogP contribution in [-0.4, -0.2) is 21.7 Å². The number of benzene rings is 1. The average molecular weight is 274 g/mol. The third kappa shape index (κ3) is 3.30. The number of amides is 1. The van der Waals surface area contributed by atoms with E-state index in [0.717, 1.165) is 11.6 Å². The van der Waals surface area contributed by atoms with Crippen molar-refractivity contribution in [3.05, 3.63) is 69.9 Å². The Bertz CT molecular complexity index is 580. The van der Waals surface area contributed by atoms with Gasteiger partial charge in [0.2, 0.25) is 5.91 Å². The summed E-state index contributed by atoms with van der Waals surface area (Å²) in [7, 11) is 0. The largest absolute Gasteiger partial charge is 0.345 e. The van der Waals surface area contributed by atoms with E-state index in [9.17, 15) is 20.0 Å². The summed E-state index contributed by atoms with van der Waals surface area (Å²) in [5.41, 5.74) is -0.738. The van der Waals surface area contributed by atoms with Gasteiger partial charge in [-0.05, 0) is 11.6 Å². The molecule has 0 aliphatic heterocycles. The Morgan fingerprint density at radius 3 is 2.65 bits per heavy atom. The molecule has 0 heterocycles. The van der Waals surface area contributed by atoms with Crippen molar-refractivity contribution < 1.29 is 14.8 Å². The predicted octanol–water partition coefficient (Wildman–Crippen LogP) is 1.15. The van der Waals surface area contributed by atoms with Crippen LogP contribution in [0.25, 0.3) is 0 Å². The second kappa shape index (κ2) is 5.66. The van der Waals surface area contributed by atoms with Gasteiger partial charge in [-0.15, -0.1) is 0 Å². The van der Waals surface area contributed by atoms with E-state index < -0.39 is 10.6 Å². The Labute approximate surface area is 115 Å². The van der Waals surface area contributed by atoms with Gasteiger partial charge < -0.3 is 10.4 Å². The van der Waals surface area contributed by atoms with E-state index in [0.29, 0.717) is 5.70 Å². The number of nitrogens with one attached hydrogen (secondary N) is 1. The maximum Gasteiger partial charge on any atom is 0.345 e. The molecule has 20 heavy (non-hydrogen) atoms. The lowest BCUT2D eigenvalue weighted by Crippen LogP contribution is -2.37. The molecule has 1 amide bonds. The van der Waals surface area contributed by atoms with Crippen molar-refractivity contribution in [2.45, 2.75) is 18.6 Å². The molecule has 0 saturated carbocycles. The quantitative estimate of drug-likeness (QED) is 0.489. The Kier molecular flexibility index (Phi) is 3.95. The Morgan fingerprint density at radius 1 is 1.40 bits per heavy atom. The highest BCUT2D eigenvalue weighted by molar-refractivity contribution is 5.80. The molecule has 1 atom stereocenters. The molecule has 0 fully saturated rings. The first-order valence-electron chi connectivity index (χ1n) is 6.10. The third-order valence-corrected chi connectivity index (χ3v) is 2.96. The number of aliphatic hydroxyl groups is 1. The zero-order valence-corrected chi connectivity index (χ0v) is 10.7. The lowest BCUT2D eigenvalue weighted by atomic mass is 10.0. The Morgan fingerprint density at radius 2 is 2.10 bits per heavy atom. The number of hydrogen-bond donors (Lipinski definition) is 2.